The second-order valence-electron chi connectivity index (χ2n) is 8.17. The van der Waals surface area contributed by atoms with Crippen LogP contribution in [0.4, 0.5) is 0 Å². The van der Waals surface area contributed by atoms with Crippen molar-refractivity contribution in [2.24, 2.45) is 30.2 Å². The second kappa shape index (κ2) is 5.34. The van der Waals surface area contributed by atoms with E-state index in [1.807, 2.05) is 17.9 Å². The van der Waals surface area contributed by atoms with Gasteiger partial charge in [0.2, 0.25) is 0 Å². The molecule has 0 spiro atoms. The third-order valence-electron chi connectivity index (χ3n) is 6.86. The van der Waals surface area contributed by atoms with Gasteiger partial charge in [-0.05, 0) is 49.0 Å². The zero-order valence-electron chi connectivity index (χ0n) is 14.1. The van der Waals surface area contributed by atoms with Gasteiger partial charge in [-0.1, -0.05) is 13.8 Å². The van der Waals surface area contributed by atoms with Crippen LogP contribution in [0, 0.1) is 23.2 Å². The minimum absolute atomic E-state index is 0.214. The number of nitrogens with one attached hydrogen (secondary N) is 1. The molecule has 1 N–H and O–H groups in total. The van der Waals surface area contributed by atoms with Gasteiger partial charge in [0, 0.05) is 38.4 Å². The molecule has 1 unspecified atom stereocenters. The summed E-state index contributed by atoms with van der Waals surface area (Å²) in [6.45, 7) is 6.90. The van der Waals surface area contributed by atoms with Crippen LogP contribution >= 0.6 is 0 Å². The Hall–Kier alpha value is -0.870. The number of rotatable bonds is 4. The van der Waals surface area contributed by atoms with Gasteiger partial charge in [-0.2, -0.15) is 5.10 Å². The summed E-state index contributed by atoms with van der Waals surface area (Å²) in [6, 6.07) is 2.82. The van der Waals surface area contributed by atoms with Gasteiger partial charge in [0.25, 0.3) is 0 Å². The molecule has 0 amide bonds. The van der Waals surface area contributed by atoms with Crippen molar-refractivity contribution in [3.05, 3.63) is 18.0 Å². The molecule has 4 fully saturated rings. The standard InChI is InChI=1S/C18H29N3O/c1-18(2)13-4-5-15(14(18)10-13)19-11-12-7-9-22-17(12)16-6-8-20-21(16)3/h6,8,12-15,17,19H,4-5,7,9-11H2,1-3H3/t12-,13-,14-,15?,17+/m0/s1. The molecular formula is C18H29N3O. The molecule has 2 bridgehead atoms. The molecule has 5 rings (SSSR count). The topological polar surface area (TPSA) is 39.1 Å². The van der Waals surface area contributed by atoms with Gasteiger partial charge >= 0.3 is 0 Å². The number of nitrogens with zero attached hydrogens (tertiary/aromatic N) is 2. The van der Waals surface area contributed by atoms with E-state index >= 15 is 0 Å². The average Bonchev–Trinajstić information content (AvgIpc) is 3.13. The lowest BCUT2D eigenvalue weighted by Crippen LogP contribution is -2.59. The quantitative estimate of drug-likeness (QED) is 0.929. The monoisotopic (exact) mass is 303 g/mol. The van der Waals surface area contributed by atoms with E-state index in [0.29, 0.717) is 17.4 Å². The van der Waals surface area contributed by atoms with Crippen LogP contribution in [0.15, 0.2) is 12.3 Å². The van der Waals surface area contributed by atoms with Crippen molar-refractivity contribution in [3.8, 4) is 0 Å². The van der Waals surface area contributed by atoms with Crippen LogP contribution in [0.2, 0.25) is 0 Å². The van der Waals surface area contributed by atoms with Gasteiger partial charge in [0.15, 0.2) is 0 Å². The van der Waals surface area contributed by atoms with E-state index in [4.69, 9.17) is 4.74 Å². The Morgan fingerprint density at radius 1 is 1.36 bits per heavy atom. The fourth-order valence-corrected chi connectivity index (χ4v) is 5.19. The third kappa shape index (κ3) is 2.23. The minimum Gasteiger partial charge on any atom is -0.372 e. The Morgan fingerprint density at radius 2 is 2.23 bits per heavy atom. The van der Waals surface area contributed by atoms with Crippen molar-refractivity contribution < 1.29 is 4.74 Å². The molecule has 0 aromatic carbocycles. The predicted molar refractivity (Wildman–Crippen MR) is 86.4 cm³/mol. The Morgan fingerprint density at radius 3 is 2.91 bits per heavy atom. The lowest BCUT2D eigenvalue weighted by Gasteiger charge is -2.60. The first kappa shape index (κ1) is 14.7. The fourth-order valence-electron chi connectivity index (χ4n) is 5.19. The smallest absolute Gasteiger partial charge is 0.103 e. The summed E-state index contributed by atoms with van der Waals surface area (Å²) >= 11 is 0. The summed E-state index contributed by atoms with van der Waals surface area (Å²) in [4.78, 5) is 0. The highest BCUT2D eigenvalue weighted by atomic mass is 16.5. The second-order valence-corrected chi connectivity index (χ2v) is 8.17. The molecule has 4 heteroatoms. The lowest BCUT2D eigenvalue weighted by atomic mass is 9.47. The number of fused-ring (bicyclic) bond motifs is 2. The first-order valence-electron chi connectivity index (χ1n) is 8.90. The van der Waals surface area contributed by atoms with Crippen molar-refractivity contribution in [3.63, 3.8) is 0 Å². The third-order valence-corrected chi connectivity index (χ3v) is 6.86. The van der Waals surface area contributed by atoms with Crippen LogP contribution < -0.4 is 5.32 Å². The van der Waals surface area contributed by atoms with Crippen LogP contribution in [-0.4, -0.2) is 29.0 Å². The molecule has 3 saturated carbocycles. The van der Waals surface area contributed by atoms with Crippen molar-refractivity contribution in [1.82, 2.24) is 15.1 Å². The van der Waals surface area contributed by atoms with Gasteiger partial charge in [-0.15, -0.1) is 0 Å². The fraction of sp³-hybridized carbons (Fsp3) is 0.833. The zero-order chi connectivity index (χ0) is 15.3. The highest BCUT2D eigenvalue weighted by Gasteiger charge is 2.54. The van der Waals surface area contributed by atoms with E-state index in [1.165, 1.54) is 25.0 Å². The average molecular weight is 303 g/mol. The van der Waals surface area contributed by atoms with E-state index in [2.05, 4.69) is 30.3 Å². The van der Waals surface area contributed by atoms with E-state index in [1.54, 1.807) is 0 Å². The largest absolute Gasteiger partial charge is 0.372 e. The molecule has 1 saturated heterocycles. The highest BCUT2D eigenvalue weighted by Crippen LogP contribution is 2.59. The molecular weight excluding hydrogens is 274 g/mol. The molecule has 2 heterocycles. The SMILES string of the molecule is Cn1nccc1[C@@H]1OCC[C@H]1CNC1CC[C@H]2C[C@@H]1C2(C)C. The van der Waals surface area contributed by atoms with Crippen molar-refractivity contribution in [2.75, 3.05) is 13.2 Å². The van der Waals surface area contributed by atoms with E-state index < -0.39 is 0 Å². The lowest BCUT2D eigenvalue weighted by molar-refractivity contribution is -0.0878. The maximum absolute atomic E-state index is 6.01. The van der Waals surface area contributed by atoms with Crippen molar-refractivity contribution in [1.29, 1.82) is 0 Å². The minimum atomic E-state index is 0.214. The van der Waals surface area contributed by atoms with Crippen LogP contribution in [0.3, 0.4) is 0 Å². The van der Waals surface area contributed by atoms with Crippen molar-refractivity contribution in [2.45, 2.75) is 51.7 Å². The van der Waals surface area contributed by atoms with E-state index in [-0.39, 0.29) is 6.10 Å². The molecule has 122 valence electrons. The Labute approximate surface area is 133 Å². The molecule has 4 aliphatic rings. The Balaban J connectivity index is 1.38. The molecule has 3 aliphatic carbocycles. The molecule has 0 radical (unpaired) electrons. The first-order chi connectivity index (χ1) is 10.6. The van der Waals surface area contributed by atoms with E-state index in [9.17, 15) is 0 Å². The first-order valence-corrected chi connectivity index (χ1v) is 8.90. The summed E-state index contributed by atoms with van der Waals surface area (Å²) in [5.41, 5.74) is 1.78. The van der Waals surface area contributed by atoms with Crippen molar-refractivity contribution >= 4 is 0 Å². The molecule has 4 nitrogen and oxygen atoms in total. The molecule has 1 aromatic heterocycles. The maximum atomic E-state index is 6.01. The van der Waals surface area contributed by atoms with Gasteiger partial charge in [0.05, 0.1) is 5.69 Å². The molecule has 1 aromatic rings. The van der Waals surface area contributed by atoms with Gasteiger partial charge in [-0.3, -0.25) is 4.68 Å². The van der Waals surface area contributed by atoms with Gasteiger partial charge < -0.3 is 10.1 Å². The summed E-state index contributed by atoms with van der Waals surface area (Å²) < 4.78 is 7.97. The van der Waals surface area contributed by atoms with Crippen LogP contribution in [0.5, 0.6) is 0 Å². The van der Waals surface area contributed by atoms with E-state index in [0.717, 1.165) is 31.4 Å². The maximum Gasteiger partial charge on any atom is 0.103 e. The Kier molecular flexibility index (Phi) is 3.57. The summed E-state index contributed by atoms with van der Waals surface area (Å²) in [5.74, 6) is 2.44. The number of aryl methyl sites for hydroxylation is 1. The summed E-state index contributed by atoms with van der Waals surface area (Å²) in [7, 11) is 2.01. The van der Waals surface area contributed by atoms with Crippen LogP contribution in [0.25, 0.3) is 0 Å². The Bertz CT molecular complexity index is 536. The number of ether oxygens (including phenoxy) is 1. The number of hydrogen-bond acceptors (Lipinski definition) is 3. The normalized spacial score (nSPS) is 39.7. The number of aromatic nitrogens is 2. The van der Waals surface area contributed by atoms with Crippen LogP contribution in [0.1, 0.15) is 51.3 Å². The van der Waals surface area contributed by atoms with Gasteiger partial charge in [0.1, 0.15) is 6.10 Å². The zero-order valence-corrected chi connectivity index (χ0v) is 14.1. The van der Waals surface area contributed by atoms with Gasteiger partial charge in [-0.25, -0.2) is 0 Å². The summed E-state index contributed by atoms with van der Waals surface area (Å²) in [6.07, 6.45) is 7.46. The van der Waals surface area contributed by atoms with Crippen LogP contribution in [-0.2, 0) is 11.8 Å². The highest BCUT2D eigenvalue weighted by molar-refractivity contribution is 5.09. The molecule has 5 atom stereocenters. The predicted octanol–water partition coefficient (Wildman–Crippen LogP) is 2.91. The molecule has 1 aliphatic heterocycles. The number of hydrogen-bond donors (Lipinski definition) is 1. The molecule has 22 heavy (non-hydrogen) atoms. The summed E-state index contributed by atoms with van der Waals surface area (Å²) in [5, 5.41) is 8.21.